The van der Waals surface area contributed by atoms with Gasteiger partial charge in [-0.3, -0.25) is 4.79 Å². The number of aliphatic carboxylic acids is 1. The first-order valence-corrected chi connectivity index (χ1v) is 7.66. The minimum absolute atomic E-state index is 0.0507. The number of nitrogens with two attached hydrogens (primary N) is 1. The first-order chi connectivity index (χ1) is 10.6. The number of carbonyl (C=O) groups excluding carboxylic acids is 1. The average Bonchev–Trinajstić information content (AvgIpc) is 2.95. The molecule has 1 aromatic carbocycles. The van der Waals surface area contributed by atoms with Crippen molar-refractivity contribution in [2.24, 2.45) is 5.73 Å². The van der Waals surface area contributed by atoms with E-state index in [0.717, 1.165) is 10.6 Å². The molecule has 7 heteroatoms. The first kappa shape index (κ1) is 16.1. The topological polar surface area (TPSA) is 105 Å². The lowest BCUT2D eigenvalue weighted by Gasteiger charge is -2.14. The summed E-state index contributed by atoms with van der Waals surface area (Å²) >= 11 is 1.39. The van der Waals surface area contributed by atoms with E-state index in [9.17, 15) is 14.7 Å². The predicted molar refractivity (Wildman–Crippen MR) is 83.4 cm³/mol. The summed E-state index contributed by atoms with van der Waals surface area (Å²) < 4.78 is 0. The van der Waals surface area contributed by atoms with Crippen LogP contribution in [-0.4, -0.2) is 28.0 Å². The number of thiazole rings is 1. The Morgan fingerprint density at radius 2 is 2.05 bits per heavy atom. The van der Waals surface area contributed by atoms with Crippen LogP contribution in [0.4, 0.5) is 0 Å². The number of carbonyl (C=O) groups is 2. The Morgan fingerprint density at radius 1 is 1.32 bits per heavy atom. The summed E-state index contributed by atoms with van der Waals surface area (Å²) in [6.07, 6.45) is 0.294. The Hall–Kier alpha value is -2.25. The van der Waals surface area contributed by atoms with Crippen molar-refractivity contribution in [1.29, 1.82) is 0 Å². The van der Waals surface area contributed by atoms with Gasteiger partial charge in [-0.2, -0.15) is 0 Å². The minimum Gasteiger partial charge on any atom is -0.480 e. The molecule has 4 N–H and O–H groups in total. The van der Waals surface area contributed by atoms with E-state index >= 15 is 0 Å². The van der Waals surface area contributed by atoms with Gasteiger partial charge in [-0.1, -0.05) is 30.3 Å². The fraction of sp³-hybridized carbons (Fsp3) is 0.267. The molecule has 6 nitrogen and oxygen atoms in total. The average molecular weight is 319 g/mol. The molecule has 2 aromatic rings. The van der Waals surface area contributed by atoms with Crippen LogP contribution in [0.25, 0.3) is 0 Å². The number of hydrogen-bond donors (Lipinski definition) is 3. The molecule has 2 rings (SSSR count). The highest BCUT2D eigenvalue weighted by Gasteiger charge is 2.20. The van der Waals surface area contributed by atoms with E-state index in [-0.39, 0.29) is 18.7 Å². The molecule has 1 heterocycles. The van der Waals surface area contributed by atoms with E-state index < -0.39 is 12.0 Å². The molecule has 0 aliphatic rings. The van der Waals surface area contributed by atoms with E-state index in [4.69, 9.17) is 5.73 Å². The van der Waals surface area contributed by atoms with Crippen LogP contribution in [0.5, 0.6) is 0 Å². The first-order valence-electron chi connectivity index (χ1n) is 6.78. The maximum atomic E-state index is 12.0. The second kappa shape index (κ2) is 7.67. The third kappa shape index (κ3) is 4.64. The Balaban J connectivity index is 1.95. The maximum absolute atomic E-state index is 12.0. The zero-order chi connectivity index (χ0) is 15.9. The minimum atomic E-state index is -1.06. The monoisotopic (exact) mass is 319 g/mol. The summed E-state index contributed by atoms with van der Waals surface area (Å²) in [5, 5.41) is 14.3. The van der Waals surface area contributed by atoms with Gasteiger partial charge in [-0.05, 0) is 5.56 Å². The van der Waals surface area contributed by atoms with Crippen molar-refractivity contribution < 1.29 is 14.7 Å². The molecule has 0 spiro atoms. The van der Waals surface area contributed by atoms with E-state index in [1.807, 2.05) is 30.3 Å². The van der Waals surface area contributed by atoms with Crippen LogP contribution in [0.2, 0.25) is 0 Å². The lowest BCUT2D eigenvalue weighted by molar-refractivity contribution is -0.141. The van der Waals surface area contributed by atoms with Gasteiger partial charge in [-0.25, -0.2) is 9.78 Å². The second-order valence-electron chi connectivity index (χ2n) is 4.76. The molecule has 1 amide bonds. The summed E-state index contributed by atoms with van der Waals surface area (Å²) in [4.78, 5) is 27.5. The van der Waals surface area contributed by atoms with Gasteiger partial charge in [0.1, 0.15) is 11.0 Å². The number of amides is 1. The van der Waals surface area contributed by atoms with Crippen molar-refractivity contribution in [3.05, 3.63) is 52.0 Å². The van der Waals surface area contributed by atoms with Gasteiger partial charge >= 0.3 is 5.97 Å². The summed E-state index contributed by atoms with van der Waals surface area (Å²) in [6.45, 7) is 0.331. The fourth-order valence-corrected chi connectivity index (χ4v) is 2.66. The second-order valence-corrected chi connectivity index (χ2v) is 5.70. The van der Waals surface area contributed by atoms with E-state index in [2.05, 4.69) is 10.3 Å². The van der Waals surface area contributed by atoms with Gasteiger partial charge in [-0.15, -0.1) is 11.3 Å². The highest BCUT2D eigenvalue weighted by Crippen LogP contribution is 2.10. The molecule has 0 radical (unpaired) electrons. The van der Waals surface area contributed by atoms with Crippen LogP contribution < -0.4 is 11.1 Å². The number of nitrogens with zero attached hydrogens (tertiary/aromatic N) is 1. The normalized spacial score (nSPS) is 11.9. The van der Waals surface area contributed by atoms with Crippen LogP contribution in [0, 0.1) is 0 Å². The molecule has 0 fully saturated rings. The molecule has 0 bridgehead atoms. The quantitative estimate of drug-likeness (QED) is 0.705. The van der Waals surface area contributed by atoms with Crippen LogP contribution >= 0.6 is 11.3 Å². The van der Waals surface area contributed by atoms with Crippen molar-refractivity contribution in [3.63, 3.8) is 0 Å². The van der Waals surface area contributed by atoms with Gasteiger partial charge in [0.2, 0.25) is 5.91 Å². The predicted octanol–water partition coefficient (Wildman–Crippen LogP) is 0.956. The molecule has 0 saturated carbocycles. The van der Waals surface area contributed by atoms with Crippen molar-refractivity contribution in [2.45, 2.75) is 25.4 Å². The molecule has 116 valence electrons. The smallest absolute Gasteiger partial charge is 0.326 e. The largest absolute Gasteiger partial charge is 0.480 e. The van der Waals surface area contributed by atoms with Crippen LogP contribution in [0.1, 0.15) is 16.3 Å². The lowest BCUT2D eigenvalue weighted by Crippen LogP contribution is -2.43. The Labute approximate surface area is 132 Å². The fourth-order valence-electron chi connectivity index (χ4n) is 1.98. The summed E-state index contributed by atoms with van der Waals surface area (Å²) in [7, 11) is 0. The summed E-state index contributed by atoms with van der Waals surface area (Å²) in [5.74, 6) is -1.42. The van der Waals surface area contributed by atoms with Gasteiger partial charge in [0.25, 0.3) is 0 Å². The molecule has 22 heavy (non-hydrogen) atoms. The number of benzene rings is 1. The molecular weight excluding hydrogens is 302 g/mol. The number of rotatable bonds is 7. The maximum Gasteiger partial charge on any atom is 0.326 e. The third-order valence-corrected chi connectivity index (χ3v) is 3.95. The third-order valence-electron chi connectivity index (χ3n) is 3.03. The van der Waals surface area contributed by atoms with Crippen LogP contribution in [-0.2, 0) is 29.0 Å². The number of carboxylic acid groups (broad SMARTS) is 1. The van der Waals surface area contributed by atoms with Crippen molar-refractivity contribution in [1.82, 2.24) is 10.3 Å². The van der Waals surface area contributed by atoms with Gasteiger partial charge in [0.05, 0.1) is 12.1 Å². The number of hydrogen-bond acceptors (Lipinski definition) is 5. The highest BCUT2D eigenvalue weighted by atomic mass is 32.1. The highest BCUT2D eigenvalue weighted by molar-refractivity contribution is 7.09. The number of carboxylic acids is 1. The van der Waals surface area contributed by atoms with E-state index in [1.54, 1.807) is 5.38 Å². The molecule has 0 saturated heterocycles. The van der Waals surface area contributed by atoms with E-state index in [1.165, 1.54) is 11.3 Å². The zero-order valence-electron chi connectivity index (χ0n) is 11.9. The molecule has 0 aliphatic heterocycles. The van der Waals surface area contributed by atoms with Crippen molar-refractivity contribution in [3.8, 4) is 0 Å². The van der Waals surface area contributed by atoms with Gasteiger partial charge in [0, 0.05) is 18.3 Å². The zero-order valence-corrected chi connectivity index (χ0v) is 12.7. The standard InChI is InChI=1S/C15H17N3O3S/c16-8-14-17-11(9-22-14)7-13(19)18-12(15(20)21)6-10-4-2-1-3-5-10/h1-5,9,12H,6-8,16H2,(H,18,19)(H,20,21). The van der Waals surface area contributed by atoms with Crippen molar-refractivity contribution >= 4 is 23.2 Å². The Bertz CT molecular complexity index is 642. The summed E-state index contributed by atoms with van der Waals surface area (Å²) in [6, 6.07) is 8.23. The number of nitrogens with one attached hydrogen (secondary N) is 1. The van der Waals surface area contributed by atoms with Gasteiger partial charge in [0.15, 0.2) is 0 Å². The van der Waals surface area contributed by atoms with Crippen LogP contribution in [0.3, 0.4) is 0 Å². The Morgan fingerprint density at radius 3 is 2.64 bits per heavy atom. The summed E-state index contributed by atoms with van der Waals surface area (Å²) in [5.41, 5.74) is 6.93. The number of aromatic nitrogens is 1. The van der Waals surface area contributed by atoms with Gasteiger partial charge < -0.3 is 16.2 Å². The molecule has 1 aromatic heterocycles. The SMILES string of the molecule is NCc1nc(CC(=O)NC(Cc2ccccc2)C(=O)O)cs1. The molecule has 0 aliphatic carbocycles. The Kier molecular flexibility index (Phi) is 5.62. The molecule has 1 atom stereocenters. The van der Waals surface area contributed by atoms with Crippen LogP contribution in [0.15, 0.2) is 35.7 Å². The lowest BCUT2D eigenvalue weighted by atomic mass is 10.1. The molecule has 1 unspecified atom stereocenters. The van der Waals surface area contributed by atoms with E-state index in [0.29, 0.717) is 12.2 Å². The molecular formula is C15H17N3O3S. The van der Waals surface area contributed by atoms with Crippen molar-refractivity contribution in [2.75, 3.05) is 0 Å².